The zero-order valence-electron chi connectivity index (χ0n) is 10.4. The molecule has 2 rings (SSSR count). The van der Waals surface area contributed by atoms with Gasteiger partial charge in [0, 0.05) is 51.4 Å². The molecular formula is C13H18N2O2. The monoisotopic (exact) mass is 234 g/mol. The van der Waals surface area contributed by atoms with Gasteiger partial charge in [-0.25, -0.2) is 0 Å². The lowest BCUT2D eigenvalue weighted by atomic mass is 9.95. The number of amides is 1. The minimum atomic E-state index is 0.114. The van der Waals surface area contributed by atoms with E-state index in [2.05, 4.69) is 0 Å². The predicted molar refractivity (Wildman–Crippen MR) is 65.0 cm³/mol. The van der Waals surface area contributed by atoms with Crippen molar-refractivity contribution in [2.24, 2.45) is 0 Å². The number of fused-ring (bicyclic) bond motifs is 1. The molecule has 0 bridgehead atoms. The Morgan fingerprint density at radius 3 is 2.76 bits per heavy atom. The van der Waals surface area contributed by atoms with E-state index in [9.17, 15) is 9.59 Å². The van der Waals surface area contributed by atoms with Crippen LogP contribution in [0, 0.1) is 0 Å². The van der Waals surface area contributed by atoms with Crippen molar-refractivity contribution in [1.82, 2.24) is 9.47 Å². The maximum absolute atomic E-state index is 11.7. The van der Waals surface area contributed by atoms with Gasteiger partial charge in [-0.3, -0.25) is 9.59 Å². The summed E-state index contributed by atoms with van der Waals surface area (Å²) in [6.45, 7) is 0.650. The second-order valence-corrected chi connectivity index (χ2v) is 4.75. The topological polar surface area (TPSA) is 42.3 Å². The van der Waals surface area contributed by atoms with Crippen molar-refractivity contribution >= 4 is 11.7 Å². The average Bonchev–Trinajstić information content (AvgIpc) is 2.70. The first-order chi connectivity index (χ1) is 8.08. The number of hydrogen-bond donors (Lipinski definition) is 0. The van der Waals surface area contributed by atoms with Gasteiger partial charge in [-0.2, -0.15) is 0 Å². The highest BCUT2D eigenvalue weighted by Gasteiger charge is 2.19. The molecule has 1 aliphatic rings. The van der Waals surface area contributed by atoms with Gasteiger partial charge in [-0.05, 0) is 18.4 Å². The molecule has 1 amide bonds. The van der Waals surface area contributed by atoms with Gasteiger partial charge in [0.25, 0.3) is 0 Å². The van der Waals surface area contributed by atoms with Crippen molar-refractivity contribution in [3.8, 4) is 0 Å². The number of rotatable bonds is 3. The van der Waals surface area contributed by atoms with Crippen molar-refractivity contribution in [3.05, 3.63) is 23.5 Å². The van der Waals surface area contributed by atoms with Gasteiger partial charge < -0.3 is 9.47 Å². The zero-order valence-corrected chi connectivity index (χ0v) is 10.4. The number of carbonyl (C=O) groups excluding carboxylic acids is 2. The Morgan fingerprint density at radius 1 is 1.35 bits per heavy atom. The van der Waals surface area contributed by atoms with Crippen LogP contribution in [0.25, 0.3) is 0 Å². The molecule has 0 N–H and O–H groups in total. The minimum absolute atomic E-state index is 0.114. The Bertz CT molecular complexity index is 446. The molecular weight excluding hydrogens is 216 g/mol. The van der Waals surface area contributed by atoms with Crippen molar-refractivity contribution in [2.45, 2.75) is 32.2 Å². The Kier molecular flexibility index (Phi) is 3.31. The van der Waals surface area contributed by atoms with Crippen LogP contribution in [0.15, 0.2) is 12.4 Å². The molecule has 1 aromatic heterocycles. The van der Waals surface area contributed by atoms with Crippen LogP contribution in [0.3, 0.4) is 0 Å². The quantitative estimate of drug-likeness (QED) is 0.795. The van der Waals surface area contributed by atoms with Crippen LogP contribution in [0.5, 0.6) is 0 Å². The first-order valence-electron chi connectivity index (χ1n) is 6.00. The molecule has 0 spiro atoms. The lowest BCUT2D eigenvalue weighted by molar-refractivity contribution is -0.128. The molecule has 0 aromatic carbocycles. The Balaban J connectivity index is 2.03. The van der Waals surface area contributed by atoms with Crippen LogP contribution in [0.2, 0.25) is 0 Å². The zero-order chi connectivity index (χ0) is 12.4. The SMILES string of the molecule is CN(C)C(=O)CCn1cc2c(c1)C(=O)CCC2. The summed E-state index contributed by atoms with van der Waals surface area (Å²) in [5.41, 5.74) is 1.99. The molecule has 17 heavy (non-hydrogen) atoms. The fraction of sp³-hybridized carbons (Fsp3) is 0.538. The minimum Gasteiger partial charge on any atom is -0.353 e. The van der Waals surface area contributed by atoms with E-state index >= 15 is 0 Å². The molecule has 4 heteroatoms. The number of aryl methyl sites for hydroxylation is 2. The molecule has 0 atom stereocenters. The summed E-state index contributed by atoms with van der Waals surface area (Å²) in [4.78, 5) is 24.7. The summed E-state index contributed by atoms with van der Waals surface area (Å²) in [6, 6.07) is 0. The third kappa shape index (κ3) is 2.57. The maximum Gasteiger partial charge on any atom is 0.223 e. The first-order valence-corrected chi connectivity index (χ1v) is 6.00. The Morgan fingerprint density at radius 2 is 2.12 bits per heavy atom. The molecule has 1 aromatic rings. The van der Waals surface area contributed by atoms with Crippen molar-refractivity contribution in [3.63, 3.8) is 0 Å². The maximum atomic E-state index is 11.7. The van der Waals surface area contributed by atoms with Gasteiger partial charge in [0.2, 0.25) is 5.91 Å². The van der Waals surface area contributed by atoms with Gasteiger partial charge in [0.1, 0.15) is 0 Å². The van der Waals surface area contributed by atoms with Crippen molar-refractivity contribution < 1.29 is 9.59 Å². The van der Waals surface area contributed by atoms with Crippen LogP contribution >= 0.6 is 0 Å². The number of carbonyl (C=O) groups is 2. The van der Waals surface area contributed by atoms with Crippen LogP contribution < -0.4 is 0 Å². The van der Waals surface area contributed by atoms with Crippen LogP contribution in [0.4, 0.5) is 0 Å². The summed E-state index contributed by atoms with van der Waals surface area (Å²) in [7, 11) is 3.51. The fourth-order valence-electron chi connectivity index (χ4n) is 2.16. The van der Waals surface area contributed by atoms with Crippen LogP contribution in [-0.2, 0) is 17.8 Å². The standard InChI is InChI=1S/C13H18N2O2/c1-14(2)13(17)6-7-15-8-10-4-3-5-12(16)11(10)9-15/h8-9H,3-7H2,1-2H3. The van der Waals surface area contributed by atoms with Gasteiger partial charge >= 0.3 is 0 Å². The highest BCUT2D eigenvalue weighted by molar-refractivity contribution is 5.98. The molecule has 0 saturated carbocycles. The van der Waals surface area contributed by atoms with E-state index in [0.717, 1.165) is 24.0 Å². The number of hydrogen-bond acceptors (Lipinski definition) is 2. The van der Waals surface area contributed by atoms with E-state index in [1.165, 1.54) is 0 Å². The summed E-state index contributed by atoms with van der Waals surface area (Å²) in [5.74, 6) is 0.354. The lowest BCUT2D eigenvalue weighted by Gasteiger charge is -2.10. The van der Waals surface area contributed by atoms with Gasteiger partial charge in [0.15, 0.2) is 5.78 Å². The van der Waals surface area contributed by atoms with Gasteiger partial charge in [-0.1, -0.05) is 0 Å². The molecule has 0 unspecified atom stereocenters. The number of ketones is 1. The van der Waals surface area contributed by atoms with E-state index in [-0.39, 0.29) is 11.7 Å². The Hall–Kier alpha value is -1.58. The number of Topliss-reactive ketones (excluding diaryl/α,β-unsaturated/α-hetero) is 1. The molecule has 1 heterocycles. The third-order valence-electron chi connectivity index (χ3n) is 3.20. The summed E-state index contributed by atoms with van der Waals surface area (Å²) >= 11 is 0. The van der Waals surface area contributed by atoms with Crippen LogP contribution in [-0.4, -0.2) is 35.3 Å². The van der Waals surface area contributed by atoms with Crippen molar-refractivity contribution in [2.75, 3.05) is 14.1 Å². The van der Waals surface area contributed by atoms with Gasteiger partial charge in [-0.15, -0.1) is 0 Å². The molecule has 0 radical (unpaired) electrons. The van der Waals surface area contributed by atoms with E-state index < -0.39 is 0 Å². The highest BCUT2D eigenvalue weighted by atomic mass is 16.2. The second-order valence-electron chi connectivity index (χ2n) is 4.75. The smallest absolute Gasteiger partial charge is 0.223 e. The molecule has 0 fully saturated rings. The highest BCUT2D eigenvalue weighted by Crippen LogP contribution is 2.22. The fourth-order valence-corrected chi connectivity index (χ4v) is 2.16. The molecule has 92 valence electrons. The van der Waals surface area contributed by atoms with E-state index in [4.69, 9.17) is 0 Å². The second kappa shape index (κ2) is 4.73. The predicted octanol–water partition coefficient (Wildman–Crippen LogP) is 1.49. The molecule has 0 aliphatic heterocycles. The molecule has 0 saturated heterocycles. The normalized spacial score (nSPS) is 14.6. The first kappa shape index (κ1) is 11.9. The van der Waals surface area contributed by atoms with Crippen LogP contribution in [0.1, 0.15) is 35.2 Å². The third-order valence-corrected chi connectivity index (χ3v) is 3.20. The van der Waals surface area contributed by atoms with Crippen molar-refractivity contribution in [1.29, 1.82) is 0 Å². The molecule has 4 nitrogen and oxygen atoms in total. The van der Waals surface area contributed by atoms with E-state index in [1.807, 2.05) is 17.0 Å². The van der Waals surface area contributed by atoms with Gasteiger partial charge in [0.05, 0.1) is 0 Å². The van der Waals surface area contributed by atoms with E-state index in [0.29, 0.717) is 19.4 Å². The number of nitrogens with zero attached hydrogens (tertiary/aromatic N) is 2. The summed E-state index contributed by atoms with van der Waals surface area (Å²) in [6.07, 6.45) is 6.97. The largest absolute Gasteiger partial charge is 0.353 e. The Labute approximate surface area is 101 Å². The summed E-state index contributed by atoms with van der Waals surface area (Å²) in [5, 5.41) is 0. The lowest BCUT2D eigenvalue weighted by Crippen LogP contribution is -2.22. The molecule has 1 aliphatic carbocycles. The summed E-state index contributed by atoms with van der Waals surface area (Å²) < 4.78 is 1.97. The van der Waals surface area contributed by atoms with E-state index in [1.54, 1.807) is 19.0 Å². The number of aromatic nitrogens is 1. The average molecular weight is 234 g/mol.